The van der Waals surface area contributed by atoms with Crippen molar-refractivity contribution in [2.24, 2.45) is 0 Å². The molecular weight excluding hydrogens is 296 g/mol. The fourth-order valence-electron chi connectivity index (χ4n) is 2.17. The third-order valence-electron chi connectivity index (χ3n) is 3.64. The van der Waals surface area contributed by atoms with Crippen molar-refractivity contribution in [1.29, 1.82) is 0 Å². The number of rotatable bonds is 5. The smallest absolute Gasteiger partial charge is 0.315 e. The van der Waals surface area contributed by atoms with E-state index in [9.17, 15) is 4.79 Å². The fourth-order valence-corrected chi connectivity index (χ4v) is 2.37. The zero-order valence-electron chi connectivity index (χ0n) is 12.9. The molecule has 0 saturated heterocycles. The second-order valence-corrected chi connectivity index (χ2v) is 6.28. The molecule has 0 aromatic heterocycles. The Bertz CT molecular complexity index is 626. The molecule has 116 valence electrons. The van der Waals surface area contributed by atoms with Crippen molar-refractivity contribution in [3.63, 3.8) is 0 Å². The van der Waals surface area contributed by atoms with Gasteiger partial charge in [0.25, 0.3) is 0 Å². The van der Waals surface area contributed by atoms with Crippen LogP contribution in [0.25, 0.3) is 0 Å². The molecule has 0 bridgehead atoms. The lowest BCUT2D eigenvalue weighted by Gasteiger charge is -2.25. The summed E-state index contributed by atoms with van der Waals surface area (Å²) in [5.41, 5.74) is 1.98. The van der Waals surface area contributed by atoms with Crippen molar-refractivity contribution in [1.82, 2.24) is 10.6 Å². The van der Waals surface area contributed by atoms with Crippen LogP contribution in [0.1, 0.15) is 25.0 Å². The van der Waals surface area contributed by atoms with Crippen LogP contribution < -0.4 is 10.6 Å². The first kappa shape index (κ1) is 16.4. The number of halogens is 1. The van der Waals surface area contributed by atoms with Crippen molar-refractivity contribution >= 4 is 17.6 Å². The number of carbonyl (C=O) groups is 1. The molecule has 0 fully saturated rings. The minimum absolute atomic E-state index is 0.122. The maximum atomic E-state index is 11.9. The van der Waals surface area contributed by atoms with Crippen molar-refractivity contribution < 1.29 is 4.79 Å². The fraction of sp³-hybridized carbons (Fsp3) is 0.278. The number of benzene rings is 2. The molecule has 2 aromatic carbocycles. The summed E-state index contributed by atoms with van der Waals surface area (Å²) in [4.78, 5) is 11.9. The van der Waals surface area contributed by atoms with Crippen LogP contribution in [-0.2, 0) is 12.0 Å². The summed E-state index contributed by atoms with van der Waals surface area (Å²) in [6.45, 7) is 5.19. The molecule has 2 aromatic rings. The number of nitrogens with one attached hydrogen (secondary N) is 2. The second-order valence-electron chi connectivity index (χ2n) is 5.88. The zero-order chi connectivity index (χ0) is 16.0. The summed E-state index contributed by atoms with van der Waals surface area (Å²) < 4.78 is 0. The standard InChI is InChI=1S/C18H21ClN2O/c1-18(2,15-9-4-3-5-10-15)13-21-17(22)20-12-14-8-6-7-11-16(14)19/h3-11H,12-13H2,1-2H3,(H2,20,21,22). The summed E-state index contributed by atoms with van der Waals surface area (Å²) in [6.07, 6.45) is 0. The molecule has 2 rings (SSSR count). The van der Waals surface area contributed by atoms with Gasteiger partial charge in [-0.3, -0.25) is 0 Å². The van der Waals surface area contributed by atoms with E-state index < -0.39 is 0 Å². The Kier molecular flexibility index (Phi) is 5.45. The van der Waals surface area contributed by atoms with Crippen LogP contribution in [0.5, 0.6) is 0 Å². The van der Waals surface area contributed by atoms with E-state index in [1.807, 2.05) is 42.5 Å². The minimum atomic E-state index is -0.191. The maximum Gasteiger partial charge on any atom is 0.315 e. The Morgan fingerprint density at radius 3 is 2.32 bits per heavy atom. The zero-order valence-corrected chi connectivity index (χ0v) is 13.7. The van der Waals surface area contributed by atoms with Crippen molar-refractivity contribution in [2.75, 3.05) is 6.54 Å². The highest BCUT2D eigenvalue weighted by atomic mass is 35.5. The number of hydrogen-bond donors (Lipinski definition) is 2. The summed E-state index contributed by atoms with van der Waals surface area (Å²) in [6, 6.07) is 17.4. The van der Waals surface area contributed by atoms with Crippen LogP contribution in [0.15, 0.2) is 54.6 Å². The highest BCUT2D eigenvalue weighted by Gasteiger charge is 2.20. The van der Waals surface area contributed by atoms with Gasteiger partial charge in [0.2, 0.25) is 0 Å². The number of urea groups is 1. The Morgan fingerprint density at radius 1 is 1.00 bits per heavy atom. The minimum Gasteiger partial charge on any atom is -0.337 e. The number of hydrogen-bond acceptors (Lipinski definition) is 1. The van der Waals surface area contributed by atoms with Crippen LogP contribution in [0.2, 0.25) is 5.02 Å². The highest BCUT2D eigenvalue weighted by Crippen LogP contribution is 2.21. The summed E-state index contributed by atoms with van der Waals surface area (Å²) in [5, 5.41) is 6.41. The molecule has 2 amide bonds. The van der Waals surface area contributed by atoms with Gasteiger partial charge in [-0.2, -0.15) is 0 Å². The Hall–Kier alpha value is -2.00. The molecule has 0 unspecified atom stereocenters. The van der Waals surface area contributed by atoms with Gasteiger partial charge in [-0.1, -0.05) is 74.0 Å². The van der Waals surface area contributed by atoms with E-state index in [1.54, 1.807) is 0 Å². The van der Waals surface area contributed by atoms with Crippen LogP contribution in [0.3, 0.4) is 0 Å². The molecule has 0 radical (unpaired) electrons. The lowest BCUT2D eigenvalue weighted by molar-refractivity contribution is 0.238. The van der Waals surface area contributed by atoms with Gasteiger partial charge in [-0.25, -0.2) is 4.79 Å². The average Bonchev–Trinajstić information content (AvgIpc) is 2.53. The van der Waals surface area contributed by atoms with E-state index in [2.05, 4.69) is 36.6 Å². The lowest BCUT2D eigenvalue weighted by Crippen LogP contribution is -2.42. The first-order chi connectivity index (χ1) is 10.5. The molecule has 0 saturated carbocycles. The van der Waals surface area contributed by atoms with Crippen LogP contribution >= 0.6 is 11.6 Å². The maximum absolute atomic E-state index is 11.9. The molecule has 0 heterocycles. The topological polar surface area (TPSA) is 41.1 Å². The molecule has 3 nitrogen and oxygen atoms in total. The predicted octanol–water partition coefficient (Wildman–Crippen LogP) is 4.12. The predicted molar refractivity (Wildman–Crippen MR) is 91.2 cm³/mol. The molecule has 0 aliphatic rings. The molecule has 0 atom stereocenters. The molecule has 22 heavy (non-hydrogen) atoms. The summed E-state index contributed by atoms with van der Waals surface area (Å²) in [7, 11) is 0. The SMILES string of the molecule is CC(C)(CNC(=O)NCc1ccccc1Cl)c1ccccc1. The van der Waals surface area contributed by atoms with Gasteiger partial charge in [0.1, 0.15) is 0 Å². The first-order valence-electron chi connectivity index (χ1n) is 7.30. The largest absolute Gasteiger partial charge is 0.337 e. The van der Waals surface area contributed by atoms with Gasteiger partial charge >= 0.3 is 6.03 Å². The summed E-state index contributed by atoms with van der Waals surface area (Å²) in [5.74, 6) is 0. The Morgan fingerprint density at radius 2 is 1.64 bits per heavy atom. The van der Waals surface area contributed by atoms with Crippen LogP contribution in [0.4, 0.5) is 4.79 Å². The average molecular weight is 317 g/mol. The molecule has 2 N–H and O–H groups in total. The van der Waals surface area contributed by atoms with Gasteiger partial charge in [0.05, 0.1) is 0 Å². The molecular formula is C18H21ClN2O. The van der Waals surface area contributed by atoms with Gasteiger partial charge in [0.15, 0.2) is 0 Å². The first-order valence-corrected chi connectivity index (χ1v) is 7.67. The van der Waals surface area contributed by atoms with Gasteiger partial charge in [0, 0.05) is 23.5 Å². The summed E-state index contributed by atoms with van der Waals surface area (Å²) >= 11 is 6.07. The Balaban J connectivity index is 1.84. The van der Waals surface area contributed by atoms with Crippen molar-refractivity contribution in [3.8, 4) is 0 Å². The van der Waals surface area contributed by atoms with E-state index in [-0.39, 0.29) is 11.4 Å². The molecule has 0 aliphatic carbocycles. The molecule has 4 heteroatoms. The van der Waals surface area contributed by atoms with Gasteiger partial charge in [-0.05, 0) is 17.2 Å². The van der Waals surface area contributed by atoms with E-state index in [0.717, 1.165) is 5.56 Å². The van der Waals surface area contributed by atoms with Crippen molar-refractivity contribution in [2.45, 2.75) is 25.8 Å². The van der Waals surface area contributed by atoms with Gasteiger partial charge in [-0.15, -0.1) is 0 Å². The number of carbonyl (C=O) groups excluding carboxylic acids is 1. The van der Waals surface area contributed by atoms with Crippen LogP contribution in [-0.4, -0.2) is 12.6 Å². The van der Waals surface area contributed by atoms with E-state index in [0.29, 0.717) is 18.1 Å². The van der Waals surface area contributed by atoms with E-state index in [4.69, 9.17) is 11.6 Å². The lowest BCUT2D eigenvalue weighted by atomic mass is 9.85. The monoisotopic (exact) mass is 316 g/mol. The Labute approximate surface area is 136 Å². The third-order valence-corrected chi connectivity index (χ3v) is 4.01. The van der Waals surface area contributed by atoms with Crippen LogP contribution in [0, 0.1) is 0 Å². The van der Waals surface area contributed by atoms with E-state index in [1.165, 1.54) is 5.56 Å². The van der Waals surface area contributed by atoms with E-state index >= 15 is 0 Å². The molecule has 0 aliphatic heterocycles. The third kappa shape index (κ3) is 4.50. The van der Waals surface area contributed by atoms with Crippen molar-refractivity contribution in [3.05, 3.63) is 70.7 Å². The second kappa shape index (κ2) is 7.32. The normalized spacial score (nSPS) is 11.0. The quantitative estimate of drug-likeness (QED) is 0.856. The highest BCUT2D eigenvalue weighted by molar-refractivity contribution is 6.31. The van der Waals surface area contributed by atoms with Gasteiger partial charge < -0.3 is 10.6 Å². The molecule has 0 spiro atoms. The number of amides is 2.